The van der Waals surface area contributed by atoms with E-state index in [-0.39, 0.29) is 12.5 Å². The summed E-state index contributed by atoms with van der Waals surface area (Å²) in [6.45, 7) is 3.06. The van der Waals surface area contributed by atoms with Crippen LogP contribution < -0.4 is 14.8 Å². The summed E-state index contributed by atoms with van der Waals surface area (Å²) in [5.74, 6) is 2.03. The maximum absolute atomic E-state index is 12.6. The third kappa shape index (κ3) is 3.26. The zero-order valence-electron chi connectivity index (χ0n) is 15.4. The summed E-state index contributed by atoms with van der Waals surface area (Å²) in [5.41, 5.74) is 3.39. The van der Waals surface area contributed by atoms with Crippen LogP contribution in [-0.4, -0.2) is 28.7 Å². The zero-order chi connectivity index (χ0) is 18.8. The van der Waals surface area contributed by atoms with Gasteiger partial charge in [-0.05, 0) is 31.2 Å². The molecule has 2 heterocycles. The molecule has 1 aliphatic heterocycles. The van der Waals surface area contributed by atoms with Gasteiger partial charge in [0.15, 0.2) is 11.5 Å². The first-order valence-corrected chi connectivity index (χ1v) is 8.95. The molecular weight excluding hydrogens is 342 g/mol. The van der Waals surface area contributed by atoms with Crippen molar-refractivity contribution in [3.8, 4) is 11.5 Å². The van der Waals surface area contributed by atoms with Gasteiger partial charge in [0.1, 0.15) is 12.4 Å². The predicted octanol–water partition coefficient (Wildman–Crippen LogP) is 3.06. The van der Waals surface area contributed by atoms with Gasteiger partial charge in [0.2, 0.25) is 0 Å². The van der Waals surface area contributed by atoms with E-state index in [1.807, 2.05) is 67.1 Å². The maximum atomic E-state index is 12.6. The second kappa shape index (κ2) is 7.15. The van der Waals surface area contributed by atoms with Gasteiger partial charge in [-0.15, -0.1) is 0 Å². The molecule has 0 saturated carbocycles. The molecule has 0 unspecified atom stereocenters. The van der Waals surface area contributed by atoms with Gasteiger partial charge >= 0.3 is 0 Å². The van der Waals surface area contributed by atoms with Crippen LogP contribution >= 0.6 is 0 Å². The number of carbonyl (C=O) groups excluding carboxylic acids is 1. The number of para-hydroxylation sites is 3. The molecular formula is C21H21N3O3. The lowest BCUT2D eigenvalue weighted by atomic mass is 10.1. The lowest BCUT2D eigenvalue weighted by molar-refractivity contribution is -0.118. The first-order valence-electron chi connectivity index (χ1n) is 8.95. The van der Waals surface area contributed by atoms with E-state index in [1.54, 1.807) is 0 Å². The van der Waals surface area contributed by atoms with Crippen molar-refractivity contribution < 1.29 is 14.3 Å². The van der Waals surface area contributed by atoms with E-state index in [0.717, 1.165) is 22.4 Å². The molecule has 1 aliphatic rings. The number of carbonyl (C=O) groups is 1. The Labute approximate surface area is 157 Å². The van der Waals surface area contributed by atoms with Crippen LogP contribution in [0.5, 0.6) is 11.5 Å². The van der Waals surface area contributed by atoms with E-state index in [1.165, 1.54) is 0 Å². The number of nitrogens with zero attached hydrogens (tertiary/aromatic N) is 2. The molecule has 0 aliphatic carbocycles. The number of hydrogen-bond acceptors (Lipinski definition) is 4. The van der Waals surface area contributed by atoms with E-state index in [4.69, 9.17) is 9.47 Å². The van der Waals surface area contributed by atoms with Gasteiger partial charge in [0.25, 0.3) is 5.91 Å². The molecule has 27 heavy (non-hydrogen) atoms. The molecule has 138 valence electrons. The van der Waals surface area contributed by atoms with Crippen LogP contribution in [0.1, 0.15) is 18.3 Å². The number of rotatable bonds is 5. The van der Waals surface area contributed by atoms with Gasteiger partial charge in [0, 0.05) is 12.6 Å². The smallest absolute Gasteiger partial charge is 0.251 e. The van der Waals surface area contributed by atoms with E-state index < -0.39 is 0 Å². The first kappa shape index (κ1) is 17.1. The van der Waals surface area contributed by atoms with Gasteiger partial charge in [-0.1, -0.05) is 24.3 Å². The predicted molar refractivity (Wildman–Crippen MR) is 104 cm³/mol. The third-order valence-electron chi connectivity index (χ3n) is 4.59. The van der Waals surface area contributed by atoms with Crippen LogP contribution in [0.25, 0.3) is 17.1 Å². The number of nitrogens with one attached hydrogen (secondary N) is 1. The average molecular weight is 363 g/mol. The Kier molecular flexibility index (Phi) is 4.54. The number of ether oxygens (including phenoxy) is 2. The Balaban J connectivity index is 1.50. The summed E-state index contributed by atoms with van der Waals surface area (Å²) in [5, 5.41) is 2.94. The van der Waals surface area contributed by atoms with Crippen molar-refractivity contribution in [2.75, 3.05) is 13.2 Å². The fourth-order valence-electron chi connectivity index (χ4n) is 3.21. The summed E-state index contributed by atoms with van der Waals surface area (Å²) in [6, 6.07) is 13.6. The number of benzene rings is 2. The van der Waals surface area contributed by atoms with E-state index in [9.17, 15) is 4.79 Å². The van der Waals surface area contributed by atoms with Crippen LogP contribution in [0.15, 0.2) is 48.0 Å². The Morgan fingerprint density at radius 1 is 1.26 bits per heavy atom. The normalized spacial score (nSPS) is 12.9. The molecule has 0 atom stereocenters. The number of hydrogen-bond donors (Lipinski definition) is 1. The monoisotopic (exact) mass is 363 g/mol. The SMILES string of the molecule is CCOc1cccc2c1OCC(C(=O)NCc1nc3ccccc3n1C)=C2. The van der Waals surface area contributed by atoms with Gasteiger partial charge in [0.05, 0.1) is 29.8 Å². The lowest BCUT2D eigenvalue weighted by Gasteiger charge is -2.20. The molecule has 0 bridgehead atoms. The highest BCUT2D eigenvalue weighted by molar-refractivity contribution is 5.99. The van der Waals surface area contributed by atoms with Crippen molar-refractivity contribution in [1.29, 1.82) is 0 Å². The van der Waals surface area contributed by atoms with Gasteiger partial charge in [-0.25, -0.2) is 4.98 Å². The van der Waals surface area contributed by atoms with Crippen molar-refractivity contribution >= 4 is 23.0 Å². The van der Waals surface area contributed by atoms with Gasteiger partial charge in [-0.3, -0.25) is 4.79 Å². The molecule has 3 aromatic rings. The lowest BCUT2D eigenvalue weighted by Crippen LogP contribution is -2.29. The minimum Gasteiger partial charge on any atom is -0.490 e. The minimum absolute atomic E-state index is 0.158. The van der Waals surface area contributed by atoms with Crippen LogP contribution in [0.2, 0.25) is 0 Å². The van der Waals surface area contributed by atoms with Gasteiger partial charge < -0.3 is 19.4 Å². The number of amides is 1. The minimum atomic E-state index is -0.158. The summed E-state index contributed by atoms with van der Waals surface area (Å²) in [4.78, 5) is 17.2. The Morgan fingerprint density at radius 3 is 2.93 bits per heavy atom. The van der Waals surface area contributed by atoms with E-state index in [2.05, 4.69) is 10.3 Å². The quantitative estimate of drug-likeness (QED) is 0.757. The Morgan fingerprint density at radius 2 is 2.11 bits per heavy atom. The van der Waals surface area contributed by atoms with Gasteiger partial charge in [-0.2, -0.15) is 0 Å². The van der Waals surface area contributed by atoms with E-state index in [0.29, 0.717) is 30.2 Å². The summed E-state index contributed by atoms with van der Waals surface area (Å²) < 4.78 is 13.4. The highest BCUT2D eigenvalue weighted by Crippen LogP contribution is 2.35. The number of aromatic nitrogens is 2. The second-order valence-electron chi connectivity index (χ2n) is 6.32. The molecule has 0 spiro atoms. The second-order valence-corrected chi connectivity index (χ2v) is 6.32. The topological polar surface area (TPSA) is 65.4 Å². The first-order chi connectivity index (χ1) is 13.2. The van der Waals surface area contributed by atoms with E-state index >= 15 is 0 Å². The fourth-order valence-corrected chi connectivity index (χ4v) is 3.21. The number of aryl methyl sites for hydroxylation is 1. The van der Waals surface area contributed by atoms with Crippen molar-refractivity contribution in [2.45, 2.75) is 13.5 Å². The van der Waals surface area contributed by atoms with Crippen LogP contribution in [0.3, 0.4) is 0 Å². The van der Waals surface area contributed by atoms with Crippen molar-refractivity contribution in [2.24, 2.45) is 7.05 Å². The van der Waals surface area contributed by atoms with Crippen LogP contribution in [0.4, 0.5) is 0 Å². The fraction of sp³-hybridized carbons (Fsp3) is 0.238. The third-order valence-corrected chi connectivity index (χ3v) is 4.59. The molecule has 0 saturated heterocycles. The van der Waals surface area contributed by atoms with Crippen molar-refractivity contribution in [3.63, 3.8) is 0 Å². The van der Waals surface area contributed by atoms with Crippen molar-refractivity contribution in [3.05, 3.63) is 59.4 Å². The number of fused-ring (bicyclic) bond motifs is 2. The number of imidazole rings is 1. The molecule has 6 nitrogen and oxygen atoms in total. The summed E-state index contributed by atoms with van der Waals surface area (Å²) in [7, 11) is 1.95. The van der Waals surface area contributed by atoms with Crippen LogP contribution in [-0.2, 0) is 18.4 Å². The molecule has 1 aromatic heterocycles. The molecule has 1 amide bonds. The standard InChI is InChI=1S/C21H21N3O3/c1-3-26-18-10-6-7-14-11-15(13-27-20(14)18)21(25)22-12-19-23-16-8-4-5-9-17(16)24(19)2/h4-11H,3,12-13H2,1-2H3,(H,22,25). The molecule has 6 heteroatoms. The maximum Gasteiger partial charge on any atom is 0.251 e. The summed E-state index contributed by atoms with van der Waals surface area (Å²) >= 11 is 0. The Hall–Kier alpha value is -3.28. The molecule has 4 rings (SSSR count). The summed E-state index contributed by atoms with van der Waals surface area (Å²) in [6.07, 6.45) is 1.85. The highest BCUT2D eigenvalue weighted by atomic mass is 16.5. The average Bonchev–Trinajstić information content (AvgIpc) is 3.02. The molecule has 0 fully saturated rings. The Bertz CT molecular complexity index is 1040. The van der Waals surface area contributed by atoms with Crippen LogP contribution in [0, 0.1) is 0 Å². The molecule has 0 radical (unpaired) electrons. The molecule has 2 aromatic carbocycles. The largest absolute Gasteiger partial charge is 0.490 e. The molecule has 1 N–H and O–H groups in total. The highest BCUT2D eigenvalue weighted by Gasteiger charge is 2.20. The van der Waals surface area contributed by atoms with Crippen molar-refractivity contribution in [1.82, 2.24) is 14.9 Å². The zero-order valence-corrected chi connectivity index (χ0v) is 15.4.